The van der Waals surface area contributed by atoms with Gasteiger partial charge in [-0.3, -0.25) is 9.69 Å². The summed E-state index contributed by atoms with van der Waals surface area (Å²) in [6.07, 6.45) is 0.361. The third-order valence-electron chi connectivity index (χ3n) is 8.01. The van der Waals surface area contributed by atoms with Gasteiger partial charge in [0.05, 0.1) is 35.5 Å². The number of nitrogens with one attached hydrogen (secondary N) is 1. The molecule has 0 radical (unpaired) electrons. The number of carbonyl (C=O) groups excluding carboxylic acids is 1. The molecule has 9 heteroatoms. The summed E-state index contributed by atoms with van der Waals surface area (Å²) < 4.78 is 12.3. The van der Waals surface area contributed by atoms with E-state index in [0.29, 0.717) is 24.1 Å². The maximum Gasteiger partial charge on any atom is 0.243 e. The van der Waals surface area contributed by atoms with Crippen LogP contribution in [0.15, 0.2) is 24.3 Å². The summed E-state index contributed by atoms with van der Waals surface area (Å²) >= 11 is 0. The van der Waals surface area contributed by atoms with E-state index in [1.807, 2.05) is 33.0 Å². The van der Waals surface area contributed by atoms with Gasteiger partial charge in [0.25, 0.3) is 0 Å². The largest absolute Gasteiger partial charge is 0.409 e. The van der Waals surface area contributed by atoms with Gasteiger partial charge in [-0.15, -0.1) is 0 Å². The predicted molar refractivity (Wildman–Crippen MR) is 152 cm³/mol. The number of rotatable bonds is 6. The van der Waals surface area contributed by atoms with E-state index >= 15 is 0 Å². The number of benzene rings is 1. The third-order valence-corrected chi connectivity index (χ3v) is 12.5. The van der Waals surface area contributed by atoms with Crippen molar-refractivity contribution >= 4 is 37.2 Å². The van der Waals surface area contributed by atoms with E-state index in [1.54, 1.807) is 4.90 Å². The lowest BCUT2D eigenvalue weighted by molar-refractivity contribution is -0.121. The Labute approximate surface area is 222 Å². The quantitative estimate of drug-likeness (QED) is 0.491. The molecule has 0 saturated carbocycles. The molecular weight excluding hydrogens is 482 g/mol. The number of anilines is 4. The summed E-state index contributed by atoms with van der Waals surface area (Å²) in [5.41, 5.74) is 1.97. The molecule has 1 fully saturated rings. The van der Waals surface area contributed by atoms with Gasteiger partial charge in [0, 0.05) is 25.8 Å². The average molecular weight is 526 g/mol. The van der Waals surface area contributed by atoms with Crippen LogP contribution in [0.5, 0.6) is 0 Å². The van der Waals surface area contributed by atoms with Crippen molar-refractivity contribution in [2.24, 2.45) is 0 Å². The Balaban J connectivity index is 1.69. The van der Waals surface area contributed by atoms with Crippen LogP contribution in [-0.2, 0) is 26.0 Å². The Morgan fingerprint density at radius 1 is 1.08 bits per heavy atom. The van der Waals surface area contributed by atoms with Crippen LogP contribution in [0.1, 0.15) is 59.9 Å². The SMILES string of the molecule is CNc1nc(CO[Si](C)(C)C(C)(C)C)nc2c1C(C)(C)C(=O)N2c1ccc(N2C[C@@H](C)O[C@@H](C)C2)cc1. The van der Waals surface area contributed by atoms with Gasteiger partial charge in [-0.1, -0.05) is 20.8 Å². The standard InChI is InChI=1S/C28H43N5O3Si/c1-18-15-32(16-19(2)36-18)20-11-13-21(14-12-20)33-25-23(28(6,7)26(33)34)24(29-8)30-22(31-25)17-35-37(9,10)27(3,4)5/h11-14,18-19H,15-17H2,1-10H3,(H,29,30,31)/t18-,19+. The molecule has 1 saturated heterocycles. The van der Waals surface area contributed by atoms with E-state index in [1.165, 1.54) is 0 Å². The lowest BCUT2D eigenvalue weighted by atomic mass is 9.87. The summed E-state index contributed by atoms with van der Waals surface area (Å²) in [5, 5.41) is 3.29. The zero-order chi connectivity index (χ0) is 27.3. The van der Waals surface area contributed by atoms with E-state index < -0.39 is 13.7 Å². The molecule has 2 aromatic rings. The molecule has 8 nitrogen and oxygen atoms in total. The number of aromatic nitrogens is 2. The first-order valence-corrected chi connectivity index (χ1v) is 16.1. The van der Waals surface area contributed by atoms with Crippen molar-refractivity contribution in [3.05, 3.63) is 35.7 Å². The molecule has 1 amide bonds. The molecule has 3 heterocycles. The maximum atomic E-state index is 13.8. The zero-order valence-electron chi connectivity index (χ0n) is 24.1. The Morgan fingerprint density at radius 2 is 1.65 bits per heavy atom. The highest BCUT2D eigenvalue weighted by molar-refractivity contribution is 6.74. The molecule has 2 aliphatic rings. The fourth-order valence-corrected chi connectivity index (χ4v) is 5.78. The third kappa shape index (κ3) is 5.13. The monoisotopic (exact) mass is 525 g/mol. The summed E-state index contributed by atoms with van der Waals surface area (Å²) in [6, 6.07) is 8.19. The topological polar surface area (TPSA) is 79.8 Å². The second kappa shape index (κ2) is 9.67. The van der Waals surface area contributed by atoms with E-state index in [4.69, 9.17) is 19.1 Å². The average Bonchev–Trinajstić information content (AvgIpc) is 3.01. The number of amides is 1. The molecule has 1 aromatic heterocycles. The van der Waals surface area contributed by atoms with Crippen LogP contribution < -0.4 is 15.1 Å². The van der Waals surface area contributed by atoms with E-state index in [0.717, 1.165) is 30.0 Å². The molecule has 1 aromatic carbocycles. The van der Waals surface area contributed by atoms with Gasteiger partial charge in [-0.25, -0.2) is 9.97 Å². The van der Waals surface area contributed by atoms with Gasteiger partial charge in [0.2, 0.25) is 5.91 Å². The number of hydrogen-bond donors (Lipinski definition) is 1. The van der Waals surface area contributed by atoms with Crippen molar-refractivity contribution in [1.82, 2.24) is 9.97 Å². The highest BCUT2D eigenvalue weighted by Crippen LogP contribution is 2.47. The number of morpholine rings is 1. The van der Waals surface area contributed by atoms with Gasteiger partial charge in [-0.05, 0) is 70.1 Å². The first kappa shape index (κ1) is 27.5. The predicted octanol–water partition coefficient (Wildman–Crippen LogP) is 5.61. The number of carbonyl (C=O) groups is 1. The van der Waals surface area contributed by atoms with Crippen molar-refractivity contribution in [3.8, 4) is 0 Å². The van der Waals surface area contributed by atoms with Crippen LogP contribution in [0, 0.1) is 0 Å². The van der Waals surface area contributed by atoms with E-state index in [9.17, 15) is 4.79 Å². The molecule has 0 spiro atoms. The zero-order valence-corrected chi connectivity index (χ0v) is 25.1. The van der Waals surface area contributed by atoms with Crippen molar-refractivity contribution in [3.63, 3.8) is 0 Å². The number of hydrogen-bond acceptors (Lipinski definition) is 7. The van der Waals surface area contributed by atoms with Crippen molar-refractivity contribution in [1.29, 1.82) is 0 Å². The number of fused-ring (bicyclic) bond motifs is 1. The van der Waals surface area contributed by atoms with Gasteiger partial charge in [0.15, 0.2) is 14.1 Å². The van der Waals surface area contributed by atoms with Gasteiger partial charge < -0.3 is 19.4 Å². The number of ether oxygens (including phenoxy) is 1. The summed E-state index contributed by atoms with van der Waals surface area (Å²) in [4.78, 5) is 27.5. The van der Waals surface area contributed by atoms with Crippen LogP contribution in [0.25, 0.3) is 0 Å². The summed E-state index contributed by atoms with van der Waals surface area (Å²) in [6.45, 7) is 21.2. The molecular formula is C28H43N5O3Si. The Kier molecular flexibility index (Phi) is 7.20. The summed E-state index contributed by atoms with van der Waals surface area (Å²) in [5.74, 6) is 1.87. The Bertz CT molecular complexity index is 1150. The fourth-order valence-electron chi connectivity index (χ4n) is 4.86. The lowest BCUT2D eigenvalue weighted by Gasteiger charge is -2.37. The van der Waals surface area contributed by atoms with Crippen LogP contribution in [-0.4, -0.2) is 56.5 Å². The minimum atomic E-state index is -1.99. The number of nitrogens with zero attached hydrogens (tertiary/aromatic N) is 4. The first-order valence-electron chi connectivity index (χ1n) is 13.2. The molecule has 0 unspecified atom stereocenters. The highest BCUT2D eigenvalue weighted by Gasteiger charge is 2.48. The van der Waals surface area contributed by atoms with Crippen molar-refractivity contribution in [2.75, 3.05) is 35.3 Å². The Hall–Kier alpha value is -2.49. The van der Waals surface area contributed by atoms with E-state index in [-0.39, 0.29) is 23.2 Å². The second-order valence-electron chi connectivity index (χ2n) is 12.4. The van der Waals surface area contributed by atoms with E-state index in [2.05, 4.69) is 70.1 Å². The molecule has 4 rings (SSSR count). The molecule has 2 aliphatic heterocycles. The van der Waals surface area contributed by atoms with Crippen LogP contribution in [0.2, 0.25) is 18.1 Å². The minimum Gasteiger partial charge on any atom is -0.409 e. The normalized spacial score (nSPS) is 21.8. The molecule has 0 aliphatic carbocycles. The molecule has 202 valence electrons. The van der Waals surface area contributed by atoms with Gasteiger partial charge in [-0.2, -0.15) is 0 Å². The summed E-state index contributed by atoms with van der Waals surface area (Å²) in [7, 11) is -0.154. The van der Waals surface area contributed by atoms with Gasteiger partial charge in [0.1, 0.15) is 11.6 Å². The first-order chi connectivity index (χ1) is 17.2. The second-order valence-corrected chi connectivity index (χ2v) is 17.2. The highest BCUT2D eigenvalue weighted by atomic mass is 28.4. The molecule has 0 bridgehead atoms. The maximum absolute atomic E-state index is 13.8. The van der Waals surface area contributed by atoms with Crippen molar-refractivity contribution in [2.45, 2.75) is 90.8 Å². The fraction of sp³-hybridized carbons (Fsp3) is 0.607. The van der Waals surface area contributed by atoms with Crippen LogP contribution in [0.4, 0.5) is 23.0 Å². The lowest BCUT2D eigenvalue weighted by Crippen LogP contribution is -2.45. The molecule has 37 heavy (non-hydrogen) atoms. The van der Waals surface area contributed by atoms with Crippen LogP contribution >= 0.6 is 0 Å². The molecule has 1 N–H and O–H groups in total. The Morgan fingerprint density at radius 3 is 2.19 bits per heavy atom. The molecule has 2 atom stereocenters. The van der Waals surface area contributed by atoms with Crippen molar-refractivity contribution < 1.29 is 14.0 Å². The van der Waals surface area contributed by atoms with Gasteiger partial charge >= 0.3 is 0 Å². The minimum absolute atomic E-state index is 0.0165. The smallest absolute Gasteiger partial charge is 0.243 e. The van der Waals surface area contributed by atoms with Crippen LogP contribution in [0.3, 0.4) is 0 Å².